The smallest absolute Gasteiger partial charge is 0.274 e. The summed E-state index contributed by atoms with van der Waals surface area (Å²) in [6, 6.07) is 9.29. The van der Waals surface area contributed by atoms with Crippen molar-refractivity contribution in [1.29, 1.82) is 0 Å². The predicted molar refractivity (Wildman–Crippen MR) is 87.5 cm³/mol. The summed E-state index contributed by atoms with van der Waals surface area (Å²) in [7, 11) is 1.60. The van der Waals surface area contributed by atoms with E-state index in [1.165, 1.54) is 0 Å². The van der Waals surface area contributed by atoms with Gasteiger partial charge in [0.25, 0.3) is 5.91 Å². The number of aromatic nitrogens is 2. The highest BCUT2D eigenvalue weighted by Crippen LogP contribution is 2.20. The highest BCUT2D eigenvalue weighted by molar-refractivity contribution is 5.92. The highest BCUT2D eigenvalue weighted by atomic mass is 16.5. The minimum atomic E-state index is -0.215. The normalized spacial score (nSPS) is 10.8. The van der Waals surface area contributed by atoms with Gasteiger partial charge in [-0.15, -0.1) is 0 Å². The molecule has 124 valence electrons. The van der Waals surface area contributed by atoms with Crippen molar-refractivity contribution in [3.8, 4) is 5.75 Å². The van der Waals surface area contributed by atoms with Gasteiger partial charge in [0.2, 0.25) is 0 Å². The minimum Gasteiger partial charge on any atom is -0.496 e. The van der Waals surface area contributed by atoms with Gasteiger partial charge in [-0.25, -0.2) is 0 Å². The SMILES string of the molecule is COc1ccccc1CN(CCO)C(=O)c1cc(C(C)C)[nH]n1. The molecule has 2 rings (SSSR count). The van der Waals surface area contributed by atoms with Gasteiger partial charge < -0.3 is 14.7 Å². The lowest BCUT2D eigenvalue weighted by molar-refractivity contribution is 0.0700. The van der Waals surface area contributed by atoms with E-state index in [4.69, 9.17) is 4.74 Å². The zero-order chi connectivity index (χ0) is 16.8. The van der Waals surface area contributed by atoms with Crippen LogP contribution in [-0.4, -0.2) is 46.4 Å². The van der Waals surface area contributed by atoms with E-state index in [0.29, 0.717) is 18.0 Å². The van der Waals surface area contributed by atoms with Crippen LogP contribution in [0.1, 0.15) is 41.5 Å². The maximum atomic E-state index is 12.7. The van der Waals surface area contributed by atoms with Crippen LogP contribution in [0.2, 0.25) is 0 Å². The Morgan fingerprint density at radius 1 is 1.39 bits per heavy atom. The lowest BCUT2D eigenvalue weighted by Crippen LogP contribution is -2.33. The fourth-order valence-electron chi connectivity index (χ4n) is 2.32. The van der Waals surface area contributed by atoms with E-state index in [1.54, 1.807) is 18.1 Å². The monoisotopic (exact) mass is 317 g/mol. The van der Waals surface area contributed by atoms with E-state index in [2.05, 4.69) is 10.2 Å². The average Bonchev–Trinajstić information content (AvgIpc) is 3.04. The summed E-state index contributed by atoms with van der Waals surface area (Å²) in [6.45, 7) is 4.54. The van der Waals surface area contributed by atoms with Gasteiger partial charge in [-0.05, 0) is 18.1 Å². The van der Waals surface area contributed by atoms with Crippen molar-refractivity contribution in [3.05, 3.63) is 47.3 Å². The predicted octanol–water partition coefficient (Wildman–Crippen LogP) is 2.18. The molecular formula is C17H23N3O3. The van der Waals surface area contributed by atoms with Crippen molar-refractivity contribution in [1.82, 2.24) is 15.1 Å². The number of nitrogens with zero attached hydrogens (tertiary/aromatic N) is 2. The molecule has 0 saturated carbocycles. The van der Waals surface area contributed by atoms with Gasteiger partial charge in [0.05, 0.1) is 13.7 Å². The van der Waals surface area contributed by atoms with Crippen LogP contribution >= 0.6 is 0 Å². The zero-order valence-electron chi connectivity index (χ0n) is 13.7. The Hall–Kier alpha value is -2.34. The molecule has 2 N–H and O–H groups in total. The second-order valence-corrected chi connectivity index (χ2v) is 5.63. The Kier molecular flexibility index (Phi) is 5.76. The molecule has 0 aliphatic rings. The third-order valence-corrected chi connectivity index (χ3v) is 3.65. The molecule has 1 amide bonds. The van der Waals surface area contributed by atoms with Gasteiger partial charge in [-0.1, -0.05) is 32.0 Å². The third-order valence-electron chi connectivity index (χ3n) is 3.65. The van der Waals surface area contributed by atoms with Crippen LogP contribution in [0.3, 0.4) is 0 Å². The fraction of sp³-hybridized carbons (Fsp3) is 0.412. The summed E-state index contributed by atoms with van der Waals surface area (Å²) < 4.78 is 5.32. The lowest BCUT2D eigenvalue weighted by atomic mass is 10.1. The number of aromatic amines is 1. The van der Waals surface area contributed by atoms with E-state index in [9.17, 15) is 9.90 Å². The van der Waals surface area contributed by atoms with Crippen LogP contribution in [-0.2, 0) is 6.54 Å². The second kappa shape index (κ2) is 7.78. The number of para-hydroxylation sites is 1. The summed E-state index contributed by atoms with van der Waals surface area (Å²) in [5.74, 6) is 0.769. The van der Waals surface area contributed by atoms with E-state index in [-0.39, 0.29) is 25.0 Å². The molecule has 0 atom stereocenters. The van der Waals surface area contributed by atoms with Crippen LogP contribution in [0, 0.1) is 0 Å². The van der Waals surface area contributed by atoms with Gasteiger partial charge in [0, 0.05) is 24.3 Å². The number of aliphatic hydroxyl groups excluding tert-OH is 1. The largest absolute Gasteiger partial charge is 0.496 e. The second-order valence-electron chi connectivity index (χ2n) is 5.63. The molecule has 1 aromatic carbocycles. The van der Waals surface area contributed by atoms with E-state index >= 15 is 0 Å². The van der Waals surface area contributed by atoms with Crippen molar-refractivity contribution >= 4 is 5.91 Å². The number of methoxy groups -OCH3 is 1. The van der Waals surface area contributed by atoms with Gasteiger partial charge in [-0.3, -0.25) is 9.89 Å². The van der Waals surface area contributed by atoms with E-state index in [1.807, 2.05) is 38.1 Å². The number of ether oxygens (including phenoxy) is 1. The van der Waals surface area contributed by atoms with Gasteiger partial charge in [-0.2, -0.15) is 5.10 Å². The average molecular weight is 317 g/mol. The molecule has 2 aromatic rings. The van der Waals surface area contributed by atoms with Crippen LogP contribution < -0.4 is 4.74 Å². The molecule has 6 heteroatoms. The van der Waals surface area contributed by atoms with Crippen LogP contribution in [0.4, 0.5) is 0 Å². The third kappa shape index (κ3) is 4.10. The summed E-state index contributed by atoms with van der Waals surface area (Å²) in [5, 5.41) is 16.3. The molecule has 0 bridgehead atoms. The van der Waals surface area contributed by atoms with Crippen molar-refractivity contribution in [2.24, 2.45) is 0 Å². The number of carbonyl (C=O) groups excluding carboxylic acids is 1. The Labute approximate surface area is 136 Å². The standard InChI is InChI=1S/C17H23N3O3/c1-12(2)14-10-15(19-18-14)17(22)20(8-9-21)11-13-6-4-5-7-16(13)23-3/h4-7,10,12,21H,8-9,11H2,1-3H3,(H,18,19). The summed E-state index contributed by atoms with van der Waals surface area (Å²) in [5.41, 5.74) is 2.16. The first kappa shape index (κ1) is 17.0. The van der Waals surface area contributed by atoms with Crippen LogP contribution in [0.5, 0.6) is 5.75 Å². The Balaban J connectivity index is 2.21. The number of carbonyl (C=O) groups is 1. The summed E-state index contributed by atoms with van der Waals surface area (Å²) in [6.07, 6.45) is 0. The summed E-state index contributed by atoms with van der Waals surface area (Å²) >= 11 is 0. The van der Waals surface area contributed by atoms with Crippen molar-refractivity contribution in [2.45, 2.75) is 26.3 Å². The van der Waals surface area contributed by atoms with Gasteiger partial charge in [0.15, 0.2) is 0 Å². The topological polar surface area (TPSA) is 78.5 Å². The van der Waals surface area contributed by atoms with Crippen molar-refractivity contribution in [2.75, 3.05) is 20.3 Å². The lowest BCUT2D eigenvalue weighted by Gasteiger charge is -2.22. The summed E-state index contributed by atoms with van der Waals surface area (Å²) in [4.78, 5) is 14.2. The van der Waals surface area contributed by atoms with E-state index < -0.39 is 0 Å². The quantitative estimate of drug-likeness (QED) is 0.820. The zero-order valence-corrected chi connectivity index (χ0v) is 13.7. The maximum absolute atomic E-state index is 12.7. The van der Waals surface area contributed by atoms with Crippen molar-refractivity contribution in [3.63, 3.8) is 0 Å². The van der Waals surface area contributed by atoms with Crippen LogP contribution in [0.15, 0.2) is 30.3 Å². The maximum Gasteiger partial charge on any atom is 0.274 e. The molecule has 1 aromatic heterocycles. The number of hydrogen-bond donors (Lipinski definition) is 2. The minimum absolute atomic E-state index is 0.109. The molecule has 0 fully saturated rings. The molecule has 0 radical (unpaired) electrons. The molecular weight excluding hydrogens is 294 g/mol. The van der Waals surface area contributed by atoms with Crippen LogP contribution in [0.25, 0.3) is 0 Å². The number of nitrogens with one attached hydrogen (secondary N) is 1. The Morgan fingerprint density at radius 2 is 2.13 bits per heavy atom. The number of rotatable bonds is 7. The van der Waals surface area contributed by atoms with Gasteiger partial charge in [0.1, 0.15) is 11.4 Å². The Morgan fingerprint density at radius 3 is 2.74 bits per heavy atom. The Bertz CT molecular complexity index is 652. The van der Waals surface area contributed by atoms with Gasteiger partial charge >= 0.3 is 0 Å². The molecule has 0 aliphatic carbocycles. The van der Waals surface area contributed by atoms with E-state index in [0.717, 1.165) is 11.3 Å². The molecule has 0 spiro atoms. The first-order valence-corrected chi connectivity index (χ1v) is 7.64. The first-order chi connectivity index (χ1) is 11.1. The number of amides is 1. The number of benzene rings is 1. The number of H-pyrrole nitrogens is 1. The molecule has 1 heterocycles. The molecule has 0 unspecified atom stereocenters. The number of hydrogen-bond acceptors (Lipinski definition) is 4. The number of aliphatic hydroxyl groups is 1. The molecule has 23 heavy (non-hydrogen) atoms. The first-order valence-electron chi connectivity index (χ1n) is 7.64. The molecule has 0 aliphatic heterocycles. The van der Waals surface area contributed by atoms with Crippen molar-refractivity contribution < 1.29 is 14.6 Å². The fourth-order valence-corrected chi connectivity index (χ4v) is 2.32. The highest BCUT2D eigenvalue weighted by Gasteiger charge is 2.20. The molecule has 6 nitrogen and oxygen atoms in total. The molecule has 0 saturated heterocycles.